The summed E-state index contributed by atoms with van der Waals surface area (Å²) in [6.45, 7) is 3.16. The van der Waals surface area contributed by atoms with Crippen LogP contribution < -0.4 is 11.1 Å². The second-order valence-corrected chi connectivity index (χ2v) is 4.78. The molecule has 0 aliphatic rings. The normalized spacial score (nSPS) is 12.3. The molecule has 0 fully saturated rings. The first kappa shape index (κ1) is 14.3. The Morgan fingerprint density at radius 1 is 1.60 bits per heavy atom. The van der Waals surface area contributed by atoms with E-state index < -0.39 is 0 Å². The van der Waals surface area contributed by atoms with Gasteiger partial charge in [0, 0.05) is 31.7 Å². The van der Waals surface area contributed by atoms with Crippen LogP contribution in [0.4, 0.5) is 0 Å². The highest BCUT2D eigenvalue weighted by molar-refractivity contribution is 5.92. The minimum absolute atomic E-state index is 0.0623. The van der Waals surface area contributed by atoms with Crippen LogP contribution in [0.3, 0.4) is 0 Å². The first-order valence-electron chi connectivity index (χ1n) is 6.74. The third kappa shape index (κ3) is 3.96. The van der Waals surface area contributed by atoms with E-state index >= 15 is 0 Å². The fourth-order valence-corrected chi connectivity index (χ4v) is 1.93. The van der Waals surface area contributed by atoms with Crippen LogP contribution in [0.2, 0.25) is 0 Å². The lowest BCUT2D eigenvalue weighted by molar-refractivity contribution is 0.0933. The zero-order valence-corrected chi connectivity index (χ0v) is 11.6. The van der Waals surface area contributed by atoms with Crippen molar-refractivity contribution in [1.82, 2.24) is 14.9 Å². The monoisotopic (exact) mass is 276 g/mol. The van der Waals surface area contributed by atoms with Crippen molar-refractivity contribution in [3.05, 3.63) is 42.4 Å². The summed E-state index contributed by atoms with van der Waals surface area (Å²) in [4.78, 5) is 16.1. The summed E-state index contributed by atoms with van der Waals surface area (Å²) in [5.74, 6) is 0.769. The number of amides is 1. The topological polar surface area (TPSA) is 86.1 Å². The molecular formula is C14H20N4O2. The molecule has 20 heavy (non-hydrogen) atoms. The van der Waals surface area contributed by atoms with Crippen LogP contribution >= 0.6 is 0 Å². The Hall–Kier alpha value is -2.08. The molecule has 0 radical (unpaired) electrons. The lowest BCUT2D eigenvalue weighted by atomic mass is 10.1. The van der Waals surface area contributed by atoms with Crippen LogP contribution in [0.5, 0.6) is 0 Å². The molecule has 0 saturated carbocycles. The molecule has 2 aromatic rings. The number of imidazole rings is 1. The van der Waals surface area contributed by atoms with Gasteiger partial charge in [-0.1, -0.05) is 0 Å². The highest BCUT2D eigenvalue weighted by atomic mass is 16.3. The molecule has 6 nitrogen and oxygen atoms in total. The third-order valence-corrected chi connectivity index (χ3v) is 3.03. The van der Waals surface area contributed by atoms with E-state index in [1.807, 2.05) is 23.6 Å². The van der Waals surface area contributed by atoms with Crippen molar-refractivity contribution in [2.24, 2.45) is 5.73 Å². The number of rotatable bonds is 7. The minimum Gasteiger partial charge on any atom is -0.469 e. The number of carbonyl (C=O) groups excluding carboxylic acids is 1. The zero-order chi connectivity index (χ0) is 14.4. The standard InChI is InChI=1S/C14H20N4O2/c1-11(4-5-12-3-2-8-20-12)17-14(19)13-9-18(7-6-15)10-16-13/h2-3,8-11H,4-7,15H2,1H3,(H,17,19). The fourth-order valence-electron chi connectivity index (χ4n) is 1.93. The van der Waals surface area contributed by atoms with E-state index in [0.717, 1.165) is 18.6 Å². The van der Waals surface area contributed by atoms with Crippen molar-refractivity contribution in [3.8, 4) is 0 Å². The van der Waals surface area contributed by atoms with Crippen molar-refractivity contribution >= 4 is 5.91 Å². The van der Waals surface area contributed by atoms with Crippen molar-refractivity contribution in [1.29, 1.82) is 0 Å². The quantitative estimate of drug-likeness (QED) is 0.795. The molecule has 1 amide bonds. The van der Waals surface area contributed by atoms with Gasteiger partial charge in [0.1, 0.15) is 11.5 Å². The molecule has 0 saturated heterocycles. The molecule has 2 rings (SSSR count). The number of nitrogens with one attached hydrogen (secondary N) is 1. The van der Waals surface area contributed by atoms with Crippen LogP contribution in [-0.4, -0.2) is 28.0 Å². The van der Waals surface area contributed by atoms with Crippen molar-refractivity contribution < 1.29 is 9.21 Å². The van der Waals surface area contributed by atoms with Crippen LogP contribution in [0.25, 0.3) is 0 Å². The van der Waals surface area contributed by atoms with Gasteiger partial charge in [-0.25, -0.2) is 4.98 Å². The van der Waals surface area contributed by atoms with E-state index in [9.17, 15) is 4.79 Å². The van der Waals surface area contributed by atoms with Gasteiger partial charge in [0.15, 0.2) is 0 Å². The van der Waals surface area contributed by atoms with Gasteiger partial charge in [-0.05, 0) is 25.5 Å². The number of nitrogens with two attached hydrogens (primary N) is 1. The Kier molecular flexibility index (Phi) is 4.95. The van der Waals surface area contributed by atoms with Gasteiger partial charge in [-0.2, -0.15) is 0 Å². The van der Waals surface area contributed by atoms with Gasteiger partial charge < -0.3 is 20.0 Å². The van der Waals surface area contributed by atoms with E-state index in [2.05, 4.69) is 10.3 Å². The summed E-state index contributed by atoms with van der Waals surface area (Å²) in [5, 5.41) is 2.93. The lowest BCUT2D eigenvalue weighted by Gasteiger charge is -2.11. The maximum absolute atomic E-state index is 12.0. The second-order valence-electron chi connectivity index (χ2n) is 4.78. The summed E-state index contributed by atoms with van der Waals surface area (Å²) in [5.41, 5.74) is 5.87. The molecule has 2 aromatic heterocycles. The van der Waals surface area contributed by atoms with Crippen LogP contribution in [0, 0.1) is 0 Å². The summed E-state index contributed by atoms with van der Waals surface area (Å²) in [7, 11) is 0. The molecule has 1 atom stereocenters. The molecule has 0 aliphatic carbocycles. The van der Waals surface area contributed by atoms with E-state index in [-0.39, 0.29) is 11.9 Å². The van der Waals surface area contributed by atoms with Crippen LogP contribution in [0.1, 0.15) is 29.6 Å². The number of carbonyl (C=O) groups is 1. The molecular weight excluding hydrogens is 256 g/mol. The van der Waals surface area contributed by atoms with E-state index in [0.29, 0.717) is 18.8 Å². The fraction of sp³-hybridized carbons (Fsp3) is 0.429. The minimum atomic E-state index is -0.160. The van der Waals surface area contributed by atoms with Crippen molar-refractivity contribution in [2.45, 2.75) is 32.4 Å². The van der Waals surface area contributed by atoms with Gasteiger partial charge in [-0.15, -0.1) is 0 Å². The number of aromatic nitrogens is 2. The van der Waals surface area contributed by atoms with Gasteiger partial charge in [-0.3, -0.25) is 4.79 Å². The highest BCUT2D eigenvalue weighted by Gasteiger charge is 2.12. The summed E-state index contributed by atoms with van der Waals surface area (Å²) >= 11 is 0. The molecule has 1 unspecified atom stereocenters. The first-order valence-corrected chi connectivity index (χ1v) is 6.74. The lowest BCUT2D eigenvalue weighted by Crippen LogP contribution is -2.33. The van der Waals surface area contributed by atoms with Gasteiger partial charge >= 0.3 is 0 Å². The number of aryl methyl sites for hydroxylation is 1. The molecule has 0 aromatic carbocycles. The number of hydrogen-bond donors (Lipinski definition) is 2. The summed E-state index contributed by atoms with van der Waals surface area (Å²) in [6.07, 6.45) is 6.61. The first-order chi connectivity index (χ1) is 9.69. The molecule has 0 bridgehead atoms. The number of nitrogens with zero attached hydrogens (tertiary/aromatic N) is 2. The van der Waals surface area contributed by atoms with Gasteiger partial charge in [0.05, 0.1) is 12.6 Å². The number of furan rings is 1. The second kappa shape index (κ2) is 6.91. The third-order valence-electron chi connectivity index (χ3n) is 3.03. The Labute approximate surface area is 118 Å². The molecule has 6 heteroatoms. The number of hydrogen-bond acceptors (Lipinski definition) is 4. The SMILES string of the molecule is CC(CCc1ccco1)NC(=O)c1cn(CCN)cn1. The summed E-state index contributed by atoms with van der Waals surface area (Å²) < 4.78 is 7.07. The maximum Gasteiger partial charge on any atom is 0.271 e. The maximum atomic E-state index is 12.0. The average Bonchev–Trinajstić information content (AvgIpc) is 3.08. The highest BCUT2D eigenvalue weighted by Crippen LogP contribution is 2.06. The Balaban J connectivity index is 1.80. The van der Waals surface area contributed by atoms with E-state index in [1.54, 1.807) is 18.8 Å². The molecule has 0 spiro atoms. The van der Waals surface area contributed by atoms with Crippen LogP contribution in [-0.2, 0) is 13.0 Å². The molecule has 108 valence electrons. The Morgan fingerprint density at radius 2 is 2.45 bits per heavy atom. The molecule has 2 heterocycles. The zero-order valence-electron chi connectivity index (χ0n) is 11.6. The smallest absolute Gasteiger partial charge is 0.271 e. The van der Waals surface area contributed by atoms with E-state index in [1.165, 1.54) is 0 Å². The van der Waals surface area contributed by atoms with Crippen LogP contribution in [0.15, 0.2) is 35.3 Å². The van der Waals surface area contributed by atoms with E-state index in [4.69, 9.17) is 10.2 Å². The Morgan fingerprint density at radius 3 is 3.15 bits per heavy atom. The van der Waals surface area contributed by atoms with Crippen molar-refractivity contribution in [2.75, 3.05) is 6.54 Å². The molecule has 0 aliphatic heterocycles. The molecule has 3 N–H and O–H groups in total. The van der Waals surface area contributed by atoms with Gasteiger partial charge in [0.25, 0.3) is 5.91 Å². The predicted octanol–water partition coefficient (Wildman–Crippen LogP) is 1.19. The van der Waals surface area contributed by atoms with Crippen molar-refractivity contribution in [3.63, 3.8) is 0 Å². The predicted molar refractivity (Wildman–Crippen MR) is 75.2 cm³/mol. The Bertz CT molecular complexity index is 533. The largest absolute Gasteiger partial charge is 0.469 e. The average molecular weight is 276 g/mol. The van der Waals surface area contributed by atoms with Gasteiger partial charge in [0.2, 0.25) is 0 Å². The summed E-state index contributed by atoms with van der Waals surface area (Å²) in [6, 6.07) is 3.86.